The second-order valence-electron chi connectivity index (χ2n) is 24.9. The molecule has 6 heteroatoms. The van der Waals surface area contributed by atoms with Gasteiger partial charge in [-0.1, -0.05) is 387 Å². The minimum atomic E-state index is -0.763. The lowest BCUT2D eigenvalue weighted by Crippen LogP contribution is -2.30. The molecule has 0 fully saturated rings. The van der Waals surface area contributed by atoms with Crippen molar-refractivity contribution in [1.82, 2.24) is 0 Å². The van der Waals surface area contributed by atoms with Crippen molar-refractivity contribution in [2.45, 2.75) is 431 Å². The van der Waals surface area contributed by atoms with Crippen LogP contribution in [0.3, 0.4) is 0 Å². The highest BCUT2D eigenvalue weighted by molar-refractivity contribution is 5.71. The molecule has 0 aliphatic carbocycles. The summed E-state index contributed by atoms with van der Waals surface area (Å²) in [6.07, 6.45) is 79.9. The van der Waals surface area contributed by atoms with E-state index in [1.54, 1.807) is 0 Å². The Hall–Kier alpha value is -1.59. The maximum Gasteiger partial charge on any atom is 0.306 e. The average molecular weight is 1100 g/mol. The van der Waals surface area contributed by atoms with Crippen molar-refractivity contribution in [3.8, 4) is 0 Å². The standard InChI is InChI=1S/C72H140O6/c1-4-7-10-13-16-19-22-25-28-30-32-34-36-38-39-41-44-47-50-53-56-59-62-65-71(74)77-68-69(67-76-70(73)64-61-58-55-52-49-46-43-27-24-21-18-15-12-9-6-3)78-72(75)66-63-60-57-54-51-48-45-42-40-37-35-33-31-29-26-23-20-17-14-11-8-5-2/h69H,4-68H2,1-3H3. The van der Waals surface area contributed by atoms with Crippen molar-refractivity contribution in [3.05, 3.63) is 0 Å². The average Bonchev–Trinajstić information content (AvgIpc) is 3.44. The molecule has 0 heterocycles. The van der Waals surface area contributed by atoms with Gasteiger partial charge >= 0.3 is 17.9 Å². The number of hydrogen-bond acceptors (Lipinski definition) is 6. The van der Waals surface area contributed by atoms with Gasteiger partial charge in [-0.15, -0.1) is 0 Å². The van der Waals surface area contributed by atoms with E-state index in [2.05, 4.69) is 20.8 Å². The van der Waals surface area contributed by atoms with Crippen LogP contribution in [0.1, 0.15) is 425 Å². The zero-order valence-corrected chi connectivity index (χ0v) is 53.5. The highest BCUT2D eigenvalue weighted by atomic mass is 16.6. The van der Waals surface area contributed by atoms with Crippen LogP contribution in [-0.2, 0) is 28.6 Å². The molecule has 0 aliphatic rings. The van der Waals surface area contributed by atoms with Crippen molar-refractivity contribution in [2.24, 2.45) is 0 Å². The summed E-state index contributed by atoms with van der Waals surface area (Å²) < 4.78 is 17.0. The van der Waals surface area contributed by atoms with Gasteiger partial charge in [0.1, 0.15) is 13.2 Å². The molecule has 0 saturated heterocycles. The second-order valence-corrected chi connectivity index (χ2v) is 24.9. The largest absolute Gasteiger partial charge is 0.462 e. The molecule has 464 valence electrons. The van der Waals surface area contributed by atoms with Gasteiger partial charge in [-0.05, 0) is 19.3 Å². The SMILES string of the molecule is CCCCCCCCCCCCCCCCCCCCCCCCCC(=O)OCC(COC(=O)CCCCCCCCCCCCCCCCC)OC(=O)CCCCCCCCCCCCCCCCCCCCCCCC. The summed E-state index contributed by atoms with van der Waals surface area (Å²) in [4.78, 5) is 38.5. The molecule has 0 rings (SSSR count). The van der Waals surface area contributed by atoms with E-state index in [1.807, 2.05) is 0 Å². The minimum absolute atomic E-state index is 0.0600. The van der Waals surface area contributed by atoms with E-state index in [4.69, 9.17) is 14.2 Å². The number of carbonyl (C=O) groups is 3. The lowest BCUT2D eigenvalue weighted by atomic mass is 10.0. The van der Waals surface area contributed by atoms with Crippen molar-refractivity contribution >= 4 is 17.9 Å². The van der Waals surface area contributed by atoms with Crippen LogP contribution in [0.25, 0.3) is 0 Å². The molecule has 0 N–H and O–H groups in total. The smallest absolute Gasteiger partial charge is 0.306 e. The Kier molecular flexibility index (Phi) is 66.5. The molecule has 0 aromatic rings. The summed E-state index contributed by atoms with van der Waals surface area (Å²) in [5.41, 5.74) is 0. The van der Waals surface area contributed by atoms with Gasteiger partial charge in [0.2, 0.25) is 0 Å². The summed E-state index contributed by atoms with van der Waals surface area (Å²) in [7, 11) is 0. The molecular formula is C72H140O6. The summed E-state index contributed by atoms with van der Waals surface area (Å²) in [6.45, 7) is 6.75. The van der Waals surface area contributed by atoms with Crippen molar-refractivity contribution in [3.63, 3.8) is 0 Å². The molecule has 0 amide bonds. The van der Waals surface area contributed by atoms with Crippen LogP contribution in [-0.4, -0.2) is 37.2 Å². The third-order valence-corrected chi connectivity index (χ3v) is 16.9. The number of unbranched alkanes of at least 4 members (excludes halogenated alkanes) is 57. The molecular weight excluding hydrogens is 961 g/mol. The summed E-state index contributed by atoms with van der Waals surface area (Å²) in [6, 6.07) is 0. The van der Waals surface area contributed by atoms with Gasteiger partial charge in [0.25, 0.3) is 0 Å². The molecule has 78 heavy (non-hydrogen) atoms. The fraction of sp³-hybridized carbons (Fsp3) is 0.958. The van der Waals surface area contributed by atoms with E-state index in [-0.39, 0.29) is 31.1 Å². The third-order valence-electron chi connectivity index (χ3n) is 16.9. The van der Waals surface area contributed by atoms with Crippen LogP contribution in [0.2, 0.25) is 0 Å². The fourth-order valence-corrected chi connectivity index (χ4v) is 11.5. The molecule has 0 aromatic carbocycles. The van der Waals surface area contributed by atoms with Crippen LogP contribution < -0.4 is 0 Å². The van der Waals surface area contributed by atoms with E-state index in [9.17, 15) is 14.4 Å². The lowest BCUT2D eigenvalue weighted by molar-refractivity contribution is -0.167. The fourth-order valence-electron chi connectivity index (χ4n) is 11.5. The Labute approximate surface area is 488 Å². The van der Waals surface area contributed by atoms with Crippen LogP contribution in [0.15, 0.2) is 0 Å². The Morgan fingerprint density at radius 1 is 0.205 bits per heavy atom. The van der Waals surface area contributed by atoms with Crippen molar-refractivity contribution in [1.29, 1.82) is 0 Å². The summed E-state index contributed by atoms with van der Waals surface area (Å²) in [5, 5.41) is 0. The second kappa shape index (κ2) is 67.9. The van der Waals surface area contributed by atoms with E-state index < -0.39 is 6.10 Å². The van der Waals surface area contributed by atoms with Gasteiger partial charge < -0.3 is 14.2 Å². The summed E-state index contributed by atoms with van der Waals surface area (Å²) >= 11 is 0. The highest BCUT2D eigenvalue weighted by Gasteiger charge is 2.20. The maximum atomic E-state index is 13.0. The van der Waals surface area contributed by atoms with Gasteiger partial charge in [0, 0.05) is 19.3 Å². The lowest BCUT2D eigenvalue weighted by Gasteiger charge is -2.18. The molecule has 0 aliphatic heterocycles. The van der Waals surface area contributed by atoms with E-state index in [1.165, 1.54) is 327 Å². The van der Waals surface area contributed by atoms with Gasteiger partial charge in [-0.2, -0.15) is 0 Å². The predicted octanol–water partition coefficient (Wildman–Crippen LogP) is 24.6. The van der Waals surface area contributed by atoms with Crippen LogP contribution >= 0.6 is 0 Å². The number of hydrogen-bond donors (Lipinski definition) is 0. The summed E-state index contributed by atoms with van der Waals surface area (Å²) in [5.74, 6) is -0.817. The Balaban J connectivity index is 4.23. The van der Waals surface area contributed by atoms with Gasteiger partial charge in [0.05, 0.1) is 0 Å². The molecule has 6 nitrogen and oxygen atoms in total. The number of carbonyl (C=O) groups excluding carboxylic acids is 3. The molecule has 1 unspecified atom stereocenters. The number of esters is 3. The first-order valence-corrected chi connectivity index (χ1v) is 36.0. The first-order chi connectivity index (χ1) is 38.5. The monoisotopic (exact) mass is 1100 g/mol. The van der Waals surface area contributed by atoms with E-state index in [0.717, 1.165) is 57.8 Å². The van der Waals surface area contributed by atoms with Gasteiger partial charge in [-0.3, -0.25) is 14.4 Å². The molecule has 0 spiro atoms. The number of rotatable bonds is 68. The topological polar surface area (TPSA) is 78.9 Å². The Morgan fingerprint density at radius 3 is 0.513 bits per heavy atom. The van der Waals surface area contributed by atoms with Crippen LogP contribution in [0.4, 0.5) is 0 Å². The van der Waals surface area contributed by atoms with E-state index >= 15 is 0 Å². The Morgan fingerprint density at radius 2 is 0.346 bits per heavy atom. The zero-order valence-electron chi connectivity index (χ0n) is 53.5. The first kappa shape index (κ1) is 76.4. The zero-order chi connectivity index (χ0) is 56.4. The molecule has 1 atom stereocenters. The van der Waals surface area contributed by atoms with Crippen LogP contribution in [0.5, 0.6) is 0 Å². The minimum Gasteiger partial charge on any atom is -0.462 e. The quantitative estimate of drug-likeness (QED) is 0.0343. The normalized spacial score (nSPS) is 11.9. The number of ether oxygens (including phenoxy) is 3. The van der Waals surface area contributed by atoms with Crippen molar-refractivity contribution < 1.29 is 28.6 Å². The van der Waals surface area contributed by atoms with Gasteiger partial charge in [-0.25, -0.2) is 0 Å². The molecule has 0 bridgehead atoms. The first-order valence-electron chi connectivity index (χ1n) is 36.0. The molecule has 0 aromatic heterocycles. The highest BCUT2D eigenvalue weighted by Crippen LogP contribution is 2.20. The molecule has 0 saturated carbocycles. The van der Waals surface area contributed by atoms with Gasteiger partial charge in [0.15, 0.2) is 6.10 Å². The predicted molar refractivity (Wildman–Crippen MR) is 340 cm³/mol. The van der Waals surface area contributed by atoms with E-state index in [0.29, 0.717) is 19.3 Å². The molecule has 0 radical (unpaired) electrons. The maximum absolute atomic E-state index is 13.0. The Bertz CT molecular complexity index is 1170. The van der Waals surface area contributed by atoms with Crippen LogP contribution in [0, 0.1) is 0 Å². The third kappa shape index (κ3) is 65.2. The van der Waals surface area contributed by atoms with Crippen molar-refractivity contribution in [2.75, 3.05) is 13.2 Å².